The summed E-state index contributed by atoms with van der Waals surface area (Å²) < 4.78 is 0. The molecule has 0 rings (SSSR count). The number of hydrogen-bond donors (Lipinski definition) is 0. The molecular weight excluding hydrogens is 168 g/mol. The Morgan fingerprint density at radius 3 is 2.29 bits per heavy atom. The van der Waals surface area contributed by atoms with Crippen LogP contribution in [-0.2, 0) is 0 Å². The van der Waals surface area contributed by atoms with Crippen molar-refractivity contribution < 1.29 is 0 Å². The van der Waals surface area contributed by atoms with Crippen molar-refractivity contribution in [2.45, 2.75) is 78.6 Å². The van der Waals surface area contributed by atoms with Gasteiger partial charge in [0.15, 0.2) is 0 Å². The fourth-order valence-corrected chi connectivity index (χ4v) is 1.91. The molecule has 1 atom stereocenters. The van der Waals surface area contributed by atoms with Gasteiger partial charge in [0.05, 0.1) is 0 Å². The molecule has 1 radical (unpaired) electrons. The second-order valence-corrected chi connectivity index (χ2v) is 4.62. The molecule has 14 heavy (non-hydrogen) atoms. The Kier molecular flexibility index (Phi) is 11.1. The first-order valence-corrected chi connectivity index (χ1v) is 6.62. The minimum atomic E-state index is 0.913. The molecule has 0 aliphatic carbocycles. The van der Waals surface area contributed by atoms with Crippen molar-refractivity contribution >= 4 is 0 Å². The van der Waals surface area contributed by atoms with E-state index in [2.05, 4.69) is 27.2 Å². The second kappa shape index (κ2) is 11.1. The third-order valence-corrected chi connectivity index (χ3v) is 2.86. The molecule has 0 heteroatoms. The maximum Gasteiger partial charge on any atom is -0.0383 e. The normalized spacial score (nSPS) is 13.1. The van der Waals surface area contributed by atoms with Gasteiger partial charge < -0.3 is 0 Å². The maximum absolute atomic E-state index is 2.51. The molecular formula is C14H29. The predicted molar refractivity (Wildman–Crippen MR) is 66.4 cm³/mol. The van der Waals surface area contributed by atoms with Crippen molar-refractivity contribution in [2.75, 3.05) is 0 Å². The molecule has 0 aromatic heterocycles. The molecule has 0 aromatic carbocycles. The summed E-state index contributed by atoms with van der Waals surface area (Å²) in [5.74, 6) is 0.913. The van der Waals surface area contributed by atoms with E-state index < -0.39 is 0 Å². The third-order valence-electron chi connectivity index (χ3n) is 2.86. The summed E-state index contributed by atoms with van der Waals surface area (Å²) in [5.41, 5.74) is 0. The molecule has 0 spiro atoms. The highest BCUT2D eigenvalue weighted by Gasteiger charge is 1.99. The fourth-order valence-electron chi connectivity index (χ4n) is 1.91. The smallest absolute Gasteiger partial charge is 0.0383 e. The molecule has 85 valence electrons. The van der Waals surface area contributed by atoms with Crippen LogP contribution >= 0.6 is 0 Å². The van der Waals surface area contributed by atoms with Crippen LogP contribution in [0, 0.1) is 12.3 Å². The lowest BCUT2D eigenvalue weighted by Crippen LogP contribution is -1.94. The van der Waals surface area contributed by atoms with Crippen LogP contribution in [0.3, 0.4) is 0 Å². The lowest BCUT2D eigenvalue weighted by Gasteiger charge is -2.08. The highest BCUT2D eigenvalue weighted by Crippen LogP contribution is 2.15. The standard InChI is InChI=1S/C14H29/c1-4-6-7-8-9-10-11-13-14(3)12-5-2/h11,14H,4-10,12-13H2,1-3H3. The number of hydrogen-bond acceptors (Lipinski definition) is 0. The maximum atomic E-state index is 2.51. The van der Waals surface area contributed by atoms with Crippen LogP contribution in [-0.4, -0.2) is 0 Å². The molecule has 0 heterocycles. The zero-order chi connectivity index (χ0) is 10.6. The summed E-state index contributed by atoms with van der Waals surface area (Å²) in [6.07, 6.45) is 15.0. The van der Waals surface area contributed by atoms with E-state index in [9.17, 15) is 0 Å². The predicted octanol–water partition coefficient (Wildman–Crippen LogP) is 5.38. The minimum absolute atomic E-state index is 0.913. The summed E-state index contributed by atoms with van der Waals surface area (Å²) >= 11 is 0. The average Bonchev–Trinajstić information content (AvgIpc) is 2.17. The zero-order valence-electron chi connectivity index (χ0n) is 10.5. The molecule has 0 aromatic rings. The van der Waals surface area contributed by atoms with Gasteiger partial charge in [-0.25, -0.2) is 0 Å². The van der Waals surface area contributed by atoms with E-state index in [1.807, 2.05) is 0 Å². The third kappa shape index (κ3) is 10.1. The van der Waals surface area contributed by atoms with Gasteiger partial charge >= 0.3 is 0 Å². The summed E-state index contributed by atoms with van der Waals surface area (Å²) in [7, 11) is 0. The van der Waals surface area contributed by atoms with Crippen LogP contribution < -0.4 is 0 Å². The van der Waals surface area contributed by atoms with Gasteiger partial charge in [0.25, 0.3) is 0 Å². The lowest BCUT2D eigenvalue weighted by atomic mass is 9.98. The summed E-state index contributed by atoms with van der Waals surface area (Å²) in [4.78, 5) is 0. The quantitative estimate of drug-likeness (QED) is 0.413. The SMILES string of the molecule is CCCCCCC[CH]CC(C)CCC. The van der Waals surface area contributed by atoms with Crippen LogP contribution in [0.1, 0.15) is 78.6 Å². The van der Waals surface area contributed by atoms with Crippen LogP contribution in [0.4, 0.5) is 0 Å². The van der Waals surface area contributed by atoms with Gasteiger partial charge in [-0.1, -0.05) is 72.1 Å². The molecule has 0 saturated carbocycles. The van der Waals surface area contributed by atoms with E-state index in [-0.39, 0.29) is 0 Å². The van der Waals surface area contributed by atoms with E-state index in [1.54, 1.807) is 0 Å². The van der Waals surface area contributed by atoms with E-state index in [4.69, 9.17) is 0 Å². The number of unbranched alkanes of at least 4 members (excludes halogenated alkanes) is 6. The first-order valence-electron chi connectivity index (χ1n) is 6.62. The van der Waals surface area contributed by atoms with Gasteiger partial charge in [-0.05, 0) is 18.8 Å². The Hall–Kier alpha value is 0. The molecule has 0 N–H and O–H groups in total. The molecule has 0 aliphatic heterocycles. The first kappa shape index (κ1) is 14.0. The van der Waals surface area contributed by atoms with E-state index in [1.165, 1.54) is 57.8 Å². The molecule has 0 fully saturated rings. The molecule has 1 unspecified atom stereocenters. The summed E-state index contributed by atoms with van der Waals surface area (Å²) in [6.45, 7) is 6.93. The van der Waals surface area contributed by atoms with E-state index >= 15 is 0 Å². The molecule has 0 nitrogen and oxygen atoms in total. The molecule has 0 bridgehead atoms. The Morgan fingerprint density at radius 1 is 0.929 bits per heavy atom. The summed E-state index contributed by atoms with van der Waals surface area (Å²) in [5, 5.41) is 0. The van der Waals surface area contributed by atoms with Gasteiger partial charge in [0, 0.05) is 0 Å². The van der Waals surface area contributed by atoms with Gasteiger partial charge in [-0.3, -0.25) is 0 Å². The number of rotatable bonds is 10. The van der Waals surface area contributed by atoms with Gasteiger partial charge in [-0.15, -0.1) is 0 Å². The van der Waals surface area contributed by atoms with Crippen LogP contribution in [0.5, 0.6) is 0 Å². The Morgan fingerprint density at radius 2 is 1.64 bits per heavy atom. The lowest BCUT2D eigenvalue weighted by molar-refractivity contribution is 0.503. The van der Waals surface area contributed by atoms with E-state index in [0.29, 0.717) is 0 Å². The minimum Gasteiger partial charge on any atom is -0.0654 e. The topological polar surface area (TPSA) is 0 Å². The van der Waals surface area contributed by atoms with Crippen molar-refractivity contribution in [1.82, 2.24) is 0 Å². The second-order valence-electron chi connectivity index (χ2n) is 4.62. The van der Waals surface area contributed by atoms with Gasteiger partial charge in [-0.2, -0.15) is 0 Å². The fraction of sp³-hybridized carbons (Fsp3) is 0.929. The van der Waals surface area contributed by atoms with Gasteiger partial charge in [0.1, 0.15) is 0 Å². The molecule has 0 saturated heterocycles. The Balaban J connectivity index is 2.98. The van der Waals surface area contributed by atoms with Crippen molar-refractivity contribution in [3.8, 4) is 0 Å². The first-order chi connectivity index (χ1) is 6.81. The highest BCUT2D eigenvalue weighted by atomic mass is 14.1. The van der Waals surface area contributed by atoms with Crippen LogP contribution in [0.2, 0.25) is 0 Å². The monoisotopic (exact) mass is 197 g/mol. The van der Waals surface area contributed by atoms with Crippen molar-refractivity contribution in [1.29, 1.82) is 0 Å². The van der Waals surface area contributed by atoms with Crippen molar-refractivity contribution in [3.05, 3.63) is 6.42 Å². The van der Waals surface area contributed by atoms with Crippen molar-refractivity contribution in [2.24, 2.45) is 5.92 Å². The highest BCUT2D eigenvalue weighted by molar-refractivity contribution is 4.68. The summed E-state index contributed by atoms with van der Waals surface area (Å²) in [6, 6.07) is 0. The van der Waals surface area contributed by atoms with Crippen molar-refractivity contribution in [3.63, 3.8) is 0 Å². The van der Waals surface area contributed by atoms with Crippen LogP contribution in [0.25, 0.3) is 0 Å². The average molecular weight is 197 g/mol. The Bertz CT molecular complexity index is 96.2. The molecule has 0 amide bonds. The van der Waals surface area contributed by atoms with Gasteiger partial charge in [0.2, 0.25) is 0 Å². The molecule has 0 aliphatic rings. The largest absolute Gasteiger partial charge is 0.0654 e. The van der Waals surface area contributed by atoms with Crippen LogP contribution in [0.15, 0.2) is 0 Å². The Labute approximate surface area is 91.5 Å². The zero-order valence-corrected chi connectivity index (χ0v) is 10.5. The van der Waals surface area contributed by atoms with E-state index in [0.717, 1.165) is 5.92 Å².